The van der Waals surface area contributed by atoms with E-state index in [0.717, 1.165) is 42.9 Å². The van der Waals surface area contributed by atoms with E-state index in [0.29, 0.717) is 29.3 Å². The minimum absolute atomic E-state index is 0.297. The first kappa shape index (κ1) is 19.6. The summed E-state index contributed by atoms with van der Waals surface area (Å²) in [5.74, 6) is 2.02. The van der Waals surface area contributed by atoms with Crippen LogP contribution in [0.3, 0.4) is 0 Å². The van der Waals surface area contributed by atoms with Crippen molar-refractivity contribution in [1.29, 1.82) is 0 Å². The minimum Gasteiger partial charge on any atom is -0.367 e. The van der Waals surface area contributed by atoms with E-state index in [4.69, 9.17) is 5.73 Å². The van der Waals surface area contributed by atoms with Crippen molar-refractivity contribution in [1.82, 2.24) is 19.6 Å². The van der Waals surface area contributed by atoms with Gasteiger partial charge in [-0.25, -0.2) is 8.42 Å². The standard InChI is InChI=1S/C19H25N7O2S/c1-29(27,28)16-8-2-13(3-9-16)11-21-18-10-17(25-19-22-12-23-26(18)19)24-15-6-4-14(20)5-7-15/h2-3,8-10,12,14-15,21H,4-7,11,20H2,1H3,(H,22,23,24,25)/t14-,15-. The number of aromatic nitrogens is 4. The highest BCUT2D eigenvalue weighted by atomic mass is 32.2. The number of nitrogens with one attached hydrogen (secondary N) is 2. The molecule has 29 heavy (non-hydrogen) atoms. The number of sulfone groups is 1. The molecule has 0 amide bonds. The maximum atomic E-state index is 11.6. The van der Waals surface area contributed by atoms with Gasteiger partial charge in [0.05, 0.1) is 4.90 Å². The van der Waals surface area contributed by atoms with E-state index in [1.165, 1.54) is 12.6 Å². The van der Waals surface area contributed by atoms with Crippen LogP contribution in [-0.2, 0) is 16.4 Å². The van der Waals surface area contributed by atoms with Gasteiger partial charge in [-0.3, -0.25) is 0 Å². The van der Waals surface area contributed by atoms with Crippen LogP contribution < -0.4 is 16.4 Å². The topological polar surface area (TPSA) is 127 Å². The van der Waals surface area contributed by atoms with Gasteiger partial charge in [-0.2, -0.15) is 19.6 Å². The highest BCUT2D eigenvalue weighted by Crippen LogP contribution is 2.22. The van der Waals surface area contributed by atoms with Crippen molar-refractivity contribution in [2.24, 2.45) is 5.73 Å². The molecule has 1 aliphatic rings. The van der Waals surface area contributed by atoms with Gasteiger partial charge in [-0.05, 0) is 43.4 Å². The van der Waals surface area contributed by atoms with Crippen LogP contribution in [0, 0.1) is 0 Å². The Hall–Kier alpha value is -2.72. The summed E-state index contributed by atoms with van der Waals surface area (Å²) in [6.45, 7) is 0.515. The molecular formula is C19H25N7O2S. The second-order valence-corrected chi connectivity index (χ2v) is 9.54. The van der Waals surface area contributed by atoms with Crippen LogP contribution in [0.15, 0.2) is 41.6 Å². The largest absolute Gasteiger partial charge is 0.367 e. The van der Waals surface area contributed by atoms with Gasteiger partial charge < -0.3 is 16.4 Å². The quantitative estimate of drug-likeness (QED) is 0.556. The third-order valence-electron chi connectivity index (χ3n) is 5.20. The van der Waals surface area contributed by atoms with Crippen molar-refractivity contribution in [2.45, 2.75) is 49.2 Å². The Morgan fingerprint density at radius 2 is 1.90 bits per heavy atom. The molecule has 9 nitrogen and oxygen atoms in total. The van der Waals surface area contributed by atoms with Crippen molar-refractivity contribution in [3.05, 3.63) is 42.2 Å². The van der Waals surface area contributed by atoms with Crippen LogP contribution in [0.4, 0.5) is 11.6 Å². The molecule has 2 aromatic heterocycles. The van der Waals surface area contributed by atoms with Gasteiger partial charge in [0, 0.05) is 31.0 Å². The predicted octanol–water partition coefficient (Wildman–Crippen LogP) is 1.82. The second-order valence-electron chi connectivity index (χ2n) is 7.52. The molecule has 1 aliphatic carbocycles. The van der Waals surface area contributed by atoms with Gasteiger partial charge in [0.1, 0.15) is 18.0 Å². The number of fused-ring (bicyclic) bond motifs is 1. The Bertz CT molecular complexity index is 1090. The molecule has 0 saturated heterocycles. The van der Waals surface area contributed by atoms with E-state index in [9.17, 15) is 8.42 Å². The molecule has 154 valence electrons. The van der Waals surface area contributed by atoms with Gasteiger partial charge in [0.25, 0.3) is 5.78 Å². The lowest BCUT2D eigenvalue weighted by atomic mass is 9.92. The number of hydrogen-bond acceptors (Lipinski definition) is 8. The molecule has 3 aromatic rings. The van der Waals surface area contributed by atoms with E-state index in [1.807, 2.05) is 6.07 Å². The van der Waals surface area contributed by atoms with E-state index in [1.54, 1.807) is 28.8 Å². The first-order chi connectivity index (χ1) is 13.9. The molecule has 0 unspecified atom stereocenters. The average molecular weight is 416 g/mol. The molecular weight excluding hydrogens is 390 g/mol. The SMILES string of the molecule is CS(=O)(=O)c1ccc(CNc2cc(N[C@H]3CC[C@H](N)CC3)nc3ncnn23)cc1. The first-order valence-corrected chi connectivity index (χ1v) is 11.5. The number of nitrogens with zero attached hydrogens (tertiary/aromatic N) is 4. The fourth-order valence-corrected chi connectivity index (χ4v) is 4.16. The van der Waals surface area contributed by atoms with Crippen LogP contribution in [-0.4, -0.2) is 46.3 Å². The normalized spacial score (nSPS) is 19.9. The number of nitrogens with two attached hydrogens (primary N) is 1. The molecule has 1 fully saturated rings. The van der Waals surface area contributed by atoms with Crippen LogP contribution >= 0.6 is 0 Å². The smallest absolute Gasteiger partial charge is 0.256 e. The summed E-state index contributed by atoms with van der Waals surface area (Å²) < 4.78 is 24.9. The number of rotatable bonds is 6. The lowest BCUT2D eigenvalue weighted by molar-refractivity contribution is 0.410. The van der Waals surface area contributed by atoms with Gasteiger partial charge >= 0.3 is 0 Å². The molecule has 4 rings (SSSR count). The average Bonchev–Trinajstić information content (AvgIpc) is 3.16. The van der Waals surface area contributed by atoms with Crippen molar-refractivity contribution in [3.63, 3.8) is 0 Å². The lowest BCUT2D eigenvalue weighted by Crippen LogP contribution is -2.33. The molecule has 4 N–H and O–H groups in total. The summed E-state index contributed by atoms with van der Waals surface area (Å²) in [5.41, 5.74) is 6.95. The summed E-state index contributed by atoms with van der Waals surface area (Å²) in [6.07, 6.45) is 6.75. The Morgan fingerprint density at radius 3 is 2.59 bits per heavy atom. The fraction of sp³-hybridized carbons (Fsp3) is 0.421. The van der Waals surface area contributed by atoms with Gasteiger partial charge in [-0.1, -0.05) is 12.1 Å². The van der Waals surface area contributed by atoms with Gasteiger partial charge in [-0.15, -0.1) is 0 Å². The molecule has 0 radical (unpaired) electrons. The van der Waals surface area contributed by atoms with Crippen LogP contribution in [0.2, 0.25) is 0 Å². The zero-order valence-corrected chi connectivity index (χ0v) is 17.1. The van der Waals surface area contributed by atoms with E-state index in [-0.39, 0.29) is 0 Å². The highest BCUT2D eigenvalue weighted by Gasteiger charge is 2.19. The van der Waals surface area contributed by atoms with Crippen molar-refractivity contribution in [2.75, 3.05) is 16.9 Å². The molecule has 1 aromatic carbocycles. The lowest BCUT2D eigenvalue weighted by Gasteiger charge is -2.27. The van der Waals surface area contributed by atoms with Crippen LogP contribution in [0.5, 0.6) is 0 Å². The zero-order chi connectivity index (χ0) is 20.4. The third-order valence-corrected chi connectivity index (χ3v) is 6.33. The molecule has 0 spiro atoms. The van der Waals surface area contributed by atoms with Crippen molar-refractivity contribution < 1.29 is 8.42 Å². The summed E-state index contributed by atoms with van der Waals surface area (Å²) in [5, 5.41) is 11.1. The summed E-state index contributed by atoms with van der Waals surface area (Å²) in [7, 11) is -3.20. The second kappa shape index (κ2) is 7.96. The molecule has 0 atom stereocenters. The molecule has 0 aliphatic heterocycles. The number of hydrogen-bond donors (Lipinski definition) is 3. The molecule has 1 saturated carbocycles. The maximum Gasteiger partial charge on any atom is 0.256 e. The van der Waals surface area contributed by atoms with E-state index >= 15 is 0 Å². The maximum absolute atomic E-state index is 11.6. The first-order valence-electron chi connectivity index (χ1n) is 9.64. The Morgan fingerprint density at radius 1 is 1.17 bits per heavy atom. The van der Waals surface area contributed by atoms with Crippen molar-refractivity contribution in [3.8, 4) is 0 Å². The van der Waals surface area contributed by atoms with E-state index < -0.39 is 9.84 Å². The Kier molecular flexibility index (Phi) is 5.37. The molecule has 2 heterocycles. The third kappa shape index (κ3) is 4.65. The molecule has 10 heteroatoms. The Balaban J connectivity index is 1.50. The van der Waals surface area contributed by atoms with Gasteiger partial charge in [0.2, 0.25) is 0 Å². The van der Waals surface area contributed by atoms with Crippen LogP contribution in [0.25, 0.3) is 5.78 Å². The van der Waals surface area contributed by atoms with Crippen molar-refractivity contribution >= 4 is 27.3 Å². The Labute approximate surface area is 169 Å². The predicted molar refractivity (Wildman–Crippen MR) is 112 cm³/mol. The minimum atomic E-state index is -3.20. The highest BCUT2D eigenvalue weighted by molar-refractivity contribution is 7.90. The molecule has 0 bridgehead atoms. The monoisotopic (exact) mass is 415 g/mol. The summed E-state index contributed by atoms with van der Waals surface area (Å²) in [6, 6.07) is 9.40. The number of benzene rings is 1. The van der Waals surface area contributed by atoms with E-state index in [2.05, 4.69) is 25.7 Å². The van der Waals surface area contributed by atoms with Gasteiger partial charge in [0.15, 0.2) is 9.84 Å². The summed E-state index contributed by atoms with van der Waals surface area (Å²) >= 11 is 0. The summed E-state index contributed by atoms with van der Waals surface area (Å²) in [4.78, 5) is 9.06. The number of anilines is 2. The zero-order valence-electron chi connectivity index (χ0n) is 16.2. The van der Waals surface area contributed by atoms with Crippen LogP contribution in [0.1, 0.15) is 31.2 Å². The fourth-order valence-electron chi connectivity index (χ4n) is 3.53.